The number of halogens is 1. The molecule has 1 saturated heterocycles. The molecule has 44 heavy (non-hydrogen) atoms. The average Bonchev–Trinajstić information content (AvgIpc) is 3.71. The minimum absolute atomic E-state index is 0.115. The molecule has 1 N–H and O–H groups in total. The van der Waals surface area contributed by atoms with Crippen LogP contribution in [0.3, 0.4) is 0 Å². The van der Waals surface area contributed by atoms with Crippen LogP contribution >= 0.6 is 23.1 Å². The second kappa shape index (κ2) is 12.1. The first kappa shape index (κ1) is 29.3. The maximum atomic E-state index is 13.7. The Kier molecular flexibility index (Phi) is 8.02. The summed E-state index contributed by atoms with van der Waals surface area (Å²) in [5.74, 6) is -1.41. The SMILES string of the molecule is C=CCOc1cccc(C2/C(=C(\O)c3nc4c(C)cccn4c3C)C(=O)C(=O)N2c2nnc(SCc3ccc(F)cc3)s2)c1. The highest BCUT2D eigenvalue weighted by atomic mass is 32.2. The quantitative estimate of drug-likeness (QED) is 0.0498. The molecule has 0 spiro atoms. The van der Waals surface area contributed by atoms with Gasteiger partial charge in [0.25, 0.3) is 5.78 Å². The summed E-state index contributed by atoms with van der Waals surface area (Å²) in [5.41, 5.74) is 3.64. The molecular formula is C32H26FN5O4S2. The van der Waals surface area contributed by atoms with Gasteiger partial charge < -0.3 is 14.2 Å². The number of aliphatic hydroxyl groups is 1. The molecule has 1 aliphatic heterocycles. The molecule has 1 fully saturated rings. The fourth-order valence-electron chi connectivity index (χ4n) is 5.03. The van der Waals surface area contributed by atoms with Gasteiger partial charge in [-0.1, -0.05) is 66.1 Å². The van der Waals surface area contributed by atoms with Crippen LogP contribution in [0.1, 0.15) is 34.1 Å². The maximum absolute atomic E-state index is 13.7. The third-order valence-corrected chi connectivity index (χ3v) is 9.30. The Morgan fingerprint density at radius 3 is 2.68 bits per heavy atom. The number of ketones is 1. The van der Waals surface area contributed by atoms with Gasteiger partial charge in [0, 0.05) is 11.9 Å². The van der Waals surface area contributed by atoms with Gasteiger partial charge in [0.05, 0.1) is 17.3 Å². The number of thioether (sulfide) groups is 1. The van der Waals surface area contributed by atoms with Gasteiger partial charge in [-0.25, -0.2) is 9.37 Å². The third kappa shape index (κ3) is 5.38. The first-order chi connectivity index (χ1) is 21.3. The van der Waals surface area contributed by atoms with Crippen LogP contribution in [0.5, 0.6) is 5.75 Å². The summed E-state index contributed by atoms with van der Waals surface area (Å²) < 4.78 is 21.4. The molecule has 5 aromatic rings. The van der Waals surface area contributed by atoms with Crippen molar-refractivity contribution in [2.45, 2.75) is 30.0 Å². The zero-order chi connectivity index (χ0) is 31.0. The standard InChI is InChI=1S/C32H26FN5O4S2/c1-4-15-42-23-9-5-8-21(16-23)26-24(27(39)25-19(3)37-14-6-7-18(2)29(37)34-25)28(40)30(41)38(26)31-35-36-32(44-31)43-17-20-10-12-22(33)13-11-20/h4-14,16,26,39H,1,15,17H2,2-3H3/b27-24+. The number of Topliss-reactive ketones (excluding diaryl/α,β-unsaturated/α-hetero) is 1. The number of fused-ring (bicyclic) bond motifs is 1. The lowest BCUT2D eigenvalue weighted by molar-refractivity contribution is -0.132. The number of carbonyl (C=O) groups excluding carboxylic acids is 2. The van der Waals surface area contributed by atoms with Crippen molar-refractivity contribution in [1.82, 2.24) is 19.6 Å². The summed E-state index contributed by atoms with van der Waals surface area (Å²) in [4.78, 5) is 33.3. The predicted octanol–water partition coefficient (Wildman–Crippen LogP) is 6.43. The summed E-state index contributed by atoms with van der Waals surface area (Å²) in [6.07, 6.45) is 3.43. The number of pyridine rings is 1. The fourth-order valence-corrected chi connectivity index (χ4v) is 6.86. The van der Waals surface area contributed by atoms with Crippen LogP contribution in [-0.4, -0.2) is 43.0 Å². The van der Waals surface area contributed by atoms with Gasteiger partial charge in [0.1, 0.15) is 29.5 Å². The normalized spacial score (nSPS) is 16.2. The van der Waals surface area contributed by atoms with Gasteiger partial charge in [-0.15, -0.1) is 10.2 Å². The number of amides is 1. The Bertz CT molecular complexity index is 1950. The number of rotatable bonds is 9. The second-order valence-electron chi connectivity index (χ2n) is 10.0. The molecule has 0 aliphatic carbocycles. The average molecular weight is 628 g/mol. The summed E-state index contributed by atoms with van der Waals surface area (Å²) in [6.45, 7) is 7.64. The maximum Gasteiger partial charge on any atom is 0.301 e. The molecule has 1 aliphatic rings. The number of aromatic nitrogens is 4. The topological polar surface area (TPSA) is 110 Å². The molecule has 2 aromatic carbocycles. The smallest absolute Gasteiger partial charge is 0.301 e. The molecule has 3 aromatic heterocycles. The highest BCUT2D eigenvalue weighted by molar-refractivity contribution is 8.00. The van der Waals surface area contributed by atoms with Gasteiger partial charge in [0.2, 0.25) is 5.13 Å². The molecule has 1 unspecified atom stereocenters. The van der Waals surface area contributed by atoms with Crippen molar-refractivity contribution < 1.29 is 23.8 Å². The Morgan fingerprint density at radius 1 is 1.14 bits per heavy atom. The minimum atomic E-state index is -1.03. The van der Waals surface area contributed by atoms with Crippen molar-refractivity contribution in [3.63, 3.8) is 0 Å². The number of ether oxygens (including phenoxy) is 1. The molecule has 1 atom stereocenters. The van der Waals surface area contributed by atoms with Crippen molar-refractivity contribution in [3.8, 4) is 5.75 Å². The molecule has 0 bridgehead atoms. The van der Waals surface area contributed by atoms with E-state index in [9.17, 15) is 19.1 Å². The summed E-state index contributed by atoms with van der Waals surface area (Å²) in [6, 6.07) is 15.9. The zero-order valence-electron chi connectivity index (χ0n) is 23.7. The summed E-state index contributed by atoms with van der Waals surface area (Å²) >= 11 is 2.52. The van der Waals surface area contributed by atoms with Crippen molar-refractivity contribution in [2.24, 2.45) is 0 Å². The molecule has 0 radical (unpaired) electrons. The molecule has 9 nitrogen and oxygen atoms in total. The van der Waals surface area contributed by atoms with Crippen LogP contribution in [0.15, 0.2) is 89.4 Å². The van der Waals surface area contributed by atoms with Gasteiger partial charge >= 0.3 is 5.91 Å². The third-order valence-electron chi connectivity index (χ3n) is 7.17. The molecule has 222 valence electrons. The molecule has 6 rings (SSSR count). The van der Waals surface area contributed by atoms with Crippen LogP contribution in [0.2, 0.25) is 0 Å². The first-order valence-electron chi connectivity index (χ1n) is 13.6. The van der Waals surface area contributed by atoms with E-state index in [1.54, 1.807) is 49.4 Å². The van der Waals surface area contributed by atoms with Crippen LogP contribution in [0.25, 0.3) is 11.4 Å². The lowest BCUT2D eigenvalue weighted by Gasteiger charge is -2.22. The number of anilines is 1. The van der Waals surface area contributed by atoms with E-state index in [0.29, 0.717) is 32.7 Å². The Labute approximate surface area is 260 Å². The second-order valence-corrected chi connectivity index (χ2v) is 12.2. The lowest BCUT2D eigenvalue weighted by Crippen LogP contribution is -2.29. The largest absolute Gasteiger partial charge is 0.505 e. The molecule has 4 heterocycles. The van der Waals surface area contributed by atoms with Crippen LogP contribution < -0.4 is 9.64 Å². The number of hydrogen-bond donors (Lipinski definition) is 1. The van der Waals surface area contributed by atoms with Crippen molar-refractivity contribution >= 4 is 51.3 Å². The van der Waals surface area contributed by atoms with E-state index in [-0.39, 0.29) is 34.6 Å². The number of hydrogen-bond acceptors (Lipinski definition) is 9. The first-order valence-corrected chi connectivity index (χ1v) is 15.4. The number of imidazole rings is 1. The number of benzene rings is 2. The summed E-state index contributed by atoms with van der Waals surface area (Å²) in [7, 11) is 0. The highest BCUT2D eigenvalue weighted by Gasteiger charge is 2.49. The monoisotopic (exact) mass is 627 g/mol. The molecular weight excluding hydrogens is 602 g/mol. The van der Waals surface area contributed by atoms with Gasteiger partial charge in [0.15, 0.2) is 10.1 Å². The predicted molar refractivity (Wildman–Crippen MR) is 167 cm³/mol. The van der Waals surface area contributed by atoms with Crippen LogP contribution in [0, 0.1) is 19.7 Å². The van der Waals surface area contributed by atoms with E-state index in [4.69, 9.17) is 4.74 Å². The minimum Gasteiger partial charge on any atom is -0.505 e. The number of aliphatic hydroxyl groups excluding tert-OH is 1. The van der Waals surface area contributed by atoms with E-state index in [0.717, 1.165) is 22.5 Å². The van der Waals surface area contributed by atoms with Crippen molar-refractivity contribution in [2.75, 3.05) is 11.5 Å². The van der Waals surface area contributed by atoms with E-state index in [1.165, 1.54) is 28.8 Å². The number of carbonyl (C=O) groups is 2. The lowest BCUT2D eigenvalue weighted by atomic mass is 9.96. The Hall–Kier alpha value is -4.81. The van der Waals surface area contributed by atoms with Crippen LogP contribution in [-0.2, 0) is 15.3 Å². The molecule has 12 heteroatoms. The molecule has 0 saturated carbocycles. The van der Waals surface area contributed by atoms with E-state index in [2.05, 4.69) is 21.8 Å². The number of nitrogens with zero attached hydrogens (tertiary/aromatic N) is 5. The van der Waals surface area contributed by atoms with Crippen molar-refractivity contribution in [1.29, 1.82) is 0 Å². The highest BCUT2D eigenvalue weighted by Crippen LogP contribution is 2.45. The zero-order valence-corrected chi connectivity index (χ0v) is 25.4. The fraction of sp³-hybridized carbons (Fsp3) is 0.156. The van der Waals surface area contributed by atoms with E-state index < -0.39 is 17.7 Å². The van der Waals surface area contributed by atoms with Crippen molar-refractivity contribution in [3.05, 3.63) is 119 Å². The van der Waals surface area contributed by atoms with Gasteiger partial charge in [-0.3, -0.25) is 14.5 Å². The van der Waals surface area contributed by atoms with Crippen LogP contribution in [0.4, 0.5) is 9.52 Å². The van der Waals surface area contributed by atoms with E-state index >= 15 is 0 Å². The number of aryl methyl sites for hydroxylation is 2. The Balaban J connectivity index is 1.44. The summed E-state index contributed by atoms with van der Waals surface area (Å²) in [5, 5.41) is 20.4. The molecule has 1 amide bonds. The Morgan fingerprint density at radius 2 is 1.93 bits per heavy atom. The van der Waals surface area contributed by atoms with Gasteiger partial charge in [-0.2, -0.15) is 0 Å². The van der Waals surface area contributed by atoms with E-state index in [1.807, 2.05) is 29.7 Å². The van der Waals surface area contributed by atoms with Gasteiger partial charge in [-0.05, 0) is 60.9 Å².